The molecule has 7 heterocycles. The zero-order chi connectivity index (χ0) is 31.8. The van der Waals surface area contributed by atoms with Crippen LogP contribution < -0.4 is 17.0 Å². The lowest BCUT2D eigenvalue weighted by molar-refractivity contribution is -0.0489. The molecule has 0 spiro atoms. The zero-order valence-corrected chi connectivity index (χ0v) is 25.6. The first-order valence-corrected chi connectivity index (χ1v) is 17.9. The molecule has 0 amide bonds. The number of nitrogen functional groups attached to an aromatic ring is 2. The van der Waals surface area contributed by atoms with Gasteiger partial charge in [-0.15, -0.1) is 16.9 Å². The third-order valence-corrected chi connectivity index (χ3v) is 11.2. The number of halogens is 2. The number of imidazole rings is 1. The number of anilines is 2. The molecule has 2 bridgehead atoms. The smallest absolute Gasteiger partial charge is 0.382 e. The Hall–Kier alpha value is -2.79. The van der Waals surface area contributed by atoms with Gasteiger partial charge in [-0.1, -0.05) is 17.5 Å². The van der Waals surface area contributed by atoms with Crippen molar-refractivity contribution in [2.24, 2.45) is 0 Å². The van der Waals surface area contributed by atoms with E-state index in [2.05, 4.69) is 47.5 Å². The number of nitrogens with one attached hydrogen (secondary N) is 1. The first-order valence-electron chi connectivity index (χ1n) is 12.8. The van der Waals surface area contributed by atoms with E-state index in [1.165, 1.54) is 10.9 Å². The van der Waals surface area contributed by atoms with Crippen molar-refractivity contribution in [1.82, 2.24) is 44.5 Å². The van der Waals surface area contributed by atoms with Crippen LogP contribution in [0.1, 0.15) is 11.6 Å². The van der Waals surface area contributed by atoms with Gasteiger partial charge in [0.15, 0.2) is 40.5 Å². The van der Waals surface area contributed by atoms with Crippen molar-refractivity contribution >= 4 is 72.7 Å². The Bertz CT molecular complexity index is 1950. The summed E-state index contributed by atoms with van der Waals surface area (Å²) in [6.07, 6.45) is -8.60. The van der Waals surface area contributed by atoms with Crippen molar-refractivity contribution in [3.63, 3.8) is 0 Å². The van der Waals surface area contributed by atoms with Gasteiger partial charge in [-0.3, -0.25) is 32.4 Å². The van der Waals surface area contributed by atoms with Gasteiger partial charge >= 0.3 is 14.6 Å². The van der Waals surface area contributed by atoms with Crippen LogP contribution >= 0.6 is 38.6 Å². The topological polar surface area (TPSA) is 273 Å². The Morgan fingerprint density at radius 2 is 1.87 bits per heavy atom. The van der Waals surface area contributed by atoms with Gasteiger partial charge in [0.05, 0.1) is 24.8 Å². The molecule has 7 rings (SSSR count). The molecule has 6 N–H and O–H groups in total. The fourth-order valence-corrected chi connectivity index (χ4v) is 9.17. The van der Waals surface area contributed by atoms with E-state index in [9.17, 15) is 18.8 Å². The van der Waals surface area contributed by atoms with E-state index in [0.29, 0.717) is 0 Å². The number of nitrogens with zero attached hydrogens (tertiary/aromatic N) is 8. The summed E-state index contributed by atoms with van der Waals surface area (Å²) in [7, 11) is -5.11. The van der Waals surface area contributed by atoms with Crippen LogP contribution in [0, 0.1) is 0 Å². The quantitative estimate of drug-likeness (QED) is 0.141. The molecule has 0 aromatic carbocycles. The van der Waals surface area contributed by atoms with Gasteiger partial charge in [-0.2, -0.15) is 9.67 Å². The molecule has 3 unspecified atom stereocenters. The minimum Gasteiger partial charge on any atom is -0.382 e. The minimum absolute atomic E-state index is 0.0182. The Morgan fingerprint density at radius 1 is 1.07 bits per heavy atom. The summed E-state index contributed by atoms with van der Waals surface area (Å²) in [5.74, 6) is -0.296. The SMILES string of the molecule is Nc1nc2c(ncn2C2S[C@@H]3COP(=O)(O)O[C@H]4[C@H](F)[C@H](n5nnc6c(N)ncnc65)O[C@@H]4COP(=O)(S)O[C@@H]2[C@H]3F)c(=O)[nH]1. The molecular formula is C19H21F2N11O9P2S2. The van der Waals surface area contributed by atoms with E-state index >= 15 is 8.78 Å². The molecule has 4 aromatic rings. The van der Waals surface area contributed by atoms with Crippen LogP contribution in [0.4, 0.5) is 20.5 Å². The van der Waals surface area contributed by atoms with Crippen LogP contribution in [0.2, 0.25) is 0 Å². The summed E-state index contributed by atoms with van der Waals surface area (Å²) in [6.45, 7) is -6.02. The number of fused-ring (bicyclic) bond motifs is 5. The molecule has 0 saturated carbocycles. The van der Waals surface area contributed by atoms with E-state index < -0.39 is 80.9 Å². The van der Waals surface area contributed by atoms with Gasteiger partial charge < -0.3 is 21.1 Å². The molecule has 3 aliphatic heterocycles. The number of hydrogen-bond donors (Lipinski definition) is 5. The van der Waals surface area contributed by atoms with Crippen molar-refractivity contribution in [1.29, 1.82) is 0 Å². The van der Waals surface area contributed by atoms with Crippen LogP contribution in [-0.2, 0) is 32.0 Å². The highest BCUT2D eigenvalue weighted by molar-refractivity contribution is 8.44. The second-order valence-electron chi connectivity index (χ2n) is 9.93. The number of thioether (sulfide) groups is 1. The van der Waals surface area contributed by atoms with Gasteiger partial charge in [-0.05, 0) is 0 Å². The number of rotatable bonds is 2. The fraction of sp³-hybridized carbons (Fsp3) is 0.526. The summed E-state index contributed by atoms with van der Waals surface area (Å²) >= 11 is 4.81. The van der Waals surface area contributed by atoms with Crippen LogP contribution in [0.5, 0.6) is 0 Å². The van der Waals surface area contributed by atoms with Crippen molar-refractivity contribution in [3.05, 3.63) is 23.0 Å². The Labute approximate surface area is 257 Å². The summed E-state index contributed by atoms with van der Waals surface area (Å²) in [6, 6.07) is 0. The monoisotopic (exact) mass is 711 g/mol. The molecule has 45 heavy (non-hydrogen) atoms. The third kappa shape index (κ3) is 5.51. The zero-order valence-electron chi connectivity index (χ0n) is 22.1. The van der Waals surface area contributed by atoms with E-state index in [0.717, 1.165) is 22.8 Å². The van der Waals surface area contributed by atoms with Gasteiger partial charge in [0.1, 0.15) is 36.2 Å². The maximum absolute atomic E-state index is 15.9. The Balaban J connectivity index is 1.21. The van der Waals surface area contributed by atoms with Crippen LogP contribution in [0.15, 0.2) is 17.4 Å². The number of nitrogens with two attached hydrogens (primary N) is 2. The fourth-order valence-electron chi connectivity index (χ4n) is 5.10. The van der Waals surface area contributed by atoms with Gasteiger partial charge in [0.25, 0.3) is 5.56 Å². The van der Waals surface area contributed by atoms with Crippen LogP contribution in [0.3, 0.4) is 0 Å². The Kier molecular flexibility index (Phi) is 7.66. The summed E-state index contributed by atoms with van der Waals surface area (Å²) in [4.78, 5) is 41.0. The summed E-state index contributed by atoms with van der Waals surface area (Å²) in [5.41, 5.74) is 10.6. The Morgan fingerprint density at radius 3 is 2.67 bits per heavy atom. The van der Waals surface area contributed by atoms with Crippen molar-refractivity contribution < 1.29 is 45.6 Å². The lowest BCUT2D eigenvalue weighted by atomic mass is 10.1. The number of phosphoric acid groups is 1. The molecule has 20 nitrogen and oxygen atoms in total. The number of thiol groups is 1. The molecule has 10 atom stereocenters. The molecule has 3 fully saturated rings. The van der Waals surface area contributed by atoms with Crippen LogP contribution in [-0.4, -0.2) is 98.5 Å². The molecule has 26 heteroatoms. The van der Waals surface area contributed by atoms with Crippen LogP contribution in [0.25, 0.3) is 22.3 Å². The van der Waals surface area contributed by atoms with E-state index in [1.807, 2.05) is 0 Å². The molecule has 0 aliphatic carbocycles. The molecule has 3 aliphatic rings. The maximum atomic E-state index is 15.9. The maximum Gasteiger partial charge on any atom is 0.472 e. The highest BCUT2D eigenvalue weighted by Gasteiger charge is 2.54. The third-order valence-electron chi connectivity index (χ3n) is 7.10. The standard InChI is InChI=1S/C19H21F2N11O9P2S2/c20-7-6-2-37-42(34,35)40-11-5(39-17(8(11)21)32-14-9(29-30-32)13(22)24-3-25-14)1-38-43(36,44)41-12(7)18(45-6)31-4-26-10-15(31)27-19(23)28-16(10)33/h3-8,11-12,17-18H,1-2H2,(H,34,35)(H,36,44)(H2,22,24,25)(H3,23,27,28,33)/t5-,6-,7+,8+,11-,12-,17-,18?,43?/m1/s1. The van der Waals surface area contributed by atoms with Crippen molar-refractivity contribution in [3.8, 4) is 0 Å². The minimum atomic E-state index is -5.11. The number of aromatic amines is 1. The lowest BCUT2D eigenvalue weighted by Crippen LogP contribution is -2.34. The number of H-pyrrole nitrogens is 1. The van der Waals surface area contributed by atoms with E-state index in [1.54, 1.807) is 0 Å². The predicted octanol–water partition coefficient (Wildman–Crippen LogP) is 0.662. The molecule has 0 radical (unpaired) electrons. The van der Waals surface area contributed by atoms with E-state index in [4.69, 9.17) is 34.3 Å². The van der Waals surface area contributed by atoms with Crippen molar-refractivity contribution in [2.45, 2.75) is 47.5 Å². The largest absolute Gasteiger partial charge is 0.472 e. The number of alkyl halides is 2. The van der Waals surface area contributed by atoms with Gasteiger partial charge in [0.2, 0.25) is 5.95 Å². The number of hydrogen-bond acceptors (Lipinski definition) is 17. The summed E-state index contributed by atoms with van der Waals surface area (Å²) < 4.78 is 87.3. The normalized spacial score (nSPS) is 37.7. The second-order valence-corrected chi connectivity index (χ2v) is 15.6. The lowest BCUT2D eigenvalue weighted by Gasteiger charge is -2.26. The van der Waals surface area contributed by atoms with E-state index in [-0.39, 0.29) is 34.1 Å². The second kappa shape index (κ2) is 11.2. The highest BCUT2D eigenvalue weighted by atomic mass is 32.7. The first kappa shape index (κ1) is 30.8. The number of ether oxygens (including phenoxy) is 1. The average molecular weight is 712 g/mol. The molecule has 4 aromatic heterocycles. The molecule has 242 valence electrons. The predicted molar refractivity (Wildman–Crippen MR) is 152 cm³/mol. The molecule has 3 saturated heterocycles. The van der Waals surface area contributed by atoms with Crippen molar-refractivity contribution in [2.75, 3.05) is 24.7 Å². The molecular weight excluding hydrogens is 690 g/mol. The highest BCUT2D eigenvalue weighted by Crippen LogP contribution is 2.60. The number of aromatic nitrogens is 9. The van der Waals surface area contributed by atoms with Gasteiger partial charge in [-0.25, -0.2) is 32.9 Å². The average Bonchev–Trinajstić information content (AvgIpc) is 3.72. The summed E-state index contributed by atoms with van der Waals surface area (Å²) in [5, 5.41) is 5.27. The van der Waals surface area contributed by atoms with Gasteiger partial charge in [0, 0.05) is 0 Å². The number of phosphoric ester groups is 1. The first-order chi connectivity index (χ1) is 21.3.